The van der Waals surface area contributed by atoms with Crippen LogP contribution in [0.2, 0.25) is 0 Å². The molecule has 1 unspecified atom stereocenters. The van der Waals surface area contributed by atoms with E-state index in [4.69, 9.17) is 9.15 Å². The highest BCUT2D eigenvalue weighted by Crippen LogP contribution is 2.26. The lowest BCUT2D eigenvalue weighted by Crippen LogP contribution is -2.44. The van der Waals surface area contributed by atoms with Crippen LogP contribution in [0.1, 0.15) is 36.5 Å². The SMILES string of the molecule is CCNC(=NCc1ccccc1OC)NCC(C)(O)c1cc(C)oc1C. The second-order valence-corrected chi connectivity index (χ2v) is 6.46. The number of nitrogens with zero attached hydrogens (tertiary/aromatic N) is 1. The van der Waals surface area contributed by atoms with E-state index in [1.807, 2.05) is 51.1 Å². The van der Waals surface area contributed by atoms with Gasteiger partial charge in [-0.2, -0.15) is 0 Å². The monoisotopic (exact) mass is 359 g/mol. The van der Waals surface area contributed by atoms with Crippen molar-refractivity contribution in [2.45, 2.75) is 39.8 Å². The molecule has 0 aliphatic heterocycles. The number of aryl methyl sites for hydroxylation is 2. The summed E-state index contributed by atoms with van der Waals surface area (Å²) in [6, 6.07) is 9.67. The summed E-state index contributed by atoms with van der Waals surface area (Å²) in [4.78, 5) is 4.60. The summed E-state index contributed by atoms with van der Waals surface area (Å²) in [5, 5.41) is 17.2. The molecule has 26 heavy (non-hydrogen) atoms. The van der Waals surface area contributed by atoms with Crippen LogP contribution < -0.4 is 15.4 Å². The highest BCUT2D eigenvalue weighted by Gasteiger charge is 2.27. The molecule has 0 saturated heterocycles. The van der Waals surface area contributed by atoms with E-state index >= 15 is 0 Å². The van der Waals surface area contributed by atoms with Crippen LogP contribution in [-0.4, -0.2) is 31.3 Å². The number of para-hydroxylation sites is 1. The number of aliphatic hydroxyl groups is 1. The van der Waals surface area contributed by atoms with E-state index in [9.17, 15) is 5.11 Å². The van der Waals surface area contributed by atoms with Crippen molar-refractivity contribution in [3.63, 3.8) is 0 Å². The van der Waals surface area contributed by atoms with E-state index in [0.29, 0.717) is 19.0 Å². The van der Waals surface area contributed by atoms with Crippen LogP contribution in [0.5, 0.6) is 5.75 Å². The van der Waals surface area contributed by atoms with E-state index in [-0.39, 0.29) is 0 Å². The van der Waals surface area contributed by atoms with E-state index in [1.165, 1.54) is 0 Å². The standard InChI is InChI=1S/C20H29N3O3/c1-6-21-19(22-12-16-9-7-8-10-18(16)25-5)23-13-20(4,24)17-11-14(2)26-15(17)3/h7-11,24H,6,12-13H2,1-5H3,(H2,21,22,23). The Morgan fingerprint density at radius 2 is 2.00 bits per heavy atom. The first kappa shape index (κ1) is 19.8. The smallest absolute Gasteiger partial charge is 0.191 e. The van der Waals surface area contributed by atoms with E-state index < -0.39 is 5.60 Å². The molecule has 0 aliphatic carbocycles. The van der Waals surface area contributed by atoms with Crippen molar-refractivity contribution >= 4 is 5.96 Å². The molecule has 142 valence electrons. The molecule has 1 atom stereocenters. The van der Waals surface area contributed by atoms with E-state index in [1.54, 1.807) is 14.0 Å². The molecule has 1 aromatic heterocycles. The quantitative estimate of drug-likeness (QED) is 0.523. The van der Waals surface area contributed by atoms with Gasteiger partial charge in [0.05, 0.1) is 20.2 Å². The lowest BCUT2D eigenvalue weighted by Gasteiger charge is -2.24. The van der Waals surface area contributed by atoms with Crippen molar-refractivity contribution in [3.05, 3.63) is 53.0 Å². The van der Waals surface area contributed by atoms with Crippen molar-refractivity contribution in [2.75, 3.05) is 20.2 Å². The Kier molecular flexibility index (Phi) is 6.69. The minimum Gasteiger partial charge on any atom is -0.496 e. The van der Waals surface area contributed by atoms with Crippen LogP contribution in [0, 0.1) is 13.8 Å². The largest absolute Gasteiger partial charge is 0.496 e. The van der Waals surface area contributed by atoms with Gasteiger partial charge in [-0.05, 0) is 39.8 Å². The fourth-order valence-corrected chi connectivity index (χ4v) is 2.86. The third kappa shape index (κ3) is 5.02. The first-order valence-electron chi connectivity index (χ1n) is 8.81. The Morgan fingerprint density at radius 1 is 1.27 bits per heavy atom. The van der Waals surface area contributed by atoms with Gasteiger partial charge in [-0.15, -0.1) is 0 Å². The van der Waals surface area contributed by atoms with Gasteiger partial charge in [0.25, 0.3) is 0 Å². The fourth-order valence-electron chi connectivity index (χ4n) is 2.86. The van der Waals surface area contributed by atoms with Crippen LogP contribution in [-0.2, 0) is 12.1 Å². The Hall–Kier alpha value is -2.47. The molecular weight excluding hydrogens is 330 g/mol. The molecular formula is C20H29N3O3. The average molecular weight is 359 g/mol. The van der Waals surface area contributed by atoms with Crippen LogP contribution in [0.15, 0.2) is 39.7 Å². The van der Waals surface area contributed by atoms with E-state index in [0.717, 1.165) is 34.9 Å². The van der Waals surface area contributed by atoms with Gasteiger partial charge >= 0.3 is 0 Å². The van der Waals surface area contributed by atoms with Crippen LogP contribution in [0.4, 0.5) is 0 Å². The zero-order chi connectivity index (χ0) is 19.2. The van der Waals surface area contributed by atoms with Gasteiger partial charge < -0.3 is 24.9 Å². The van der Waals surface area contributed by atoms with Crippen molar-refractivity contribution in [1.29, 1.82) is 0 Å². The molecule has 0 bridgehead atoms. The molecule has 3 N–H and O–H groups in total. The topological polar surface area (TPSA) is 79.0 Å². The first-order chi connectivity index (χ1) is 12.4. The van der Waals surface area contributed by atoms with Gasteiger partial charge in [0.2, 0.25) is 0 Å². The van der Waals surface area contributed by atoms with Gasteiger partial charge in [0, 0.05) is 17.7 Å². The molecule has 0 fully saturated rings. The van der Waals surface area contributed by atoms with Crippen molar-refractivity contribution < 1.29 is 14.3 Å². The maximum atomic E-state index is 10.8. The summed E-state index contributed by atoms with van der Waals surface area (Å²) in [6.45, 7) is 9.01. The molecule has 2 aromatic rings. The first-order valence-corrected chi connectivity index (χ1v) is 8.81. The minimum atomic E-state index is -1.07. The number of hydrogen-bond donors (Lipinski definition) is 3. The number of nitrogens with one attached hydrogen (secondary N) is 2. The predicted octanol–water partition coefficient (Wildman–Crippen LogP) is 2.87. The zero-order valence-electron chi connectivity index (χ0n) is 16.2. The molecule has 2 rings (SSSR count). The summed E-state index contributed by atoms with van der Waals surface area (Å²) in [7, 11) is 1.65. The highest BCUT2D eigenvalue weighted by atomic mass is 16.5. The van der Waals surface area contributed by atoms with Gasteiger partial charge in [-0.25, -0.2) is 4.99 Å². The van der Waals surface area contributed by atoms with Crippen molar-refractivity contribution in [3.8, 4) is 5.75 Å². The second kappa shape index (κ2) is 8.76. The molecule has 1 heterocycles. The van der Waals surface area contributed by atoms with Crippen LogP contribution in [0.3, 0.4) is 0 Å². The fraction of sp³-hybridized carbons (Fsp3) is 0.450. The lowest BCUT2D eigenvalue weighted by molar-refractivity contribution is 0.0601. The molecule has 0 saturated carbocycles. The van der Waals surface area contributed by atoms with Crippen LogP contribution >= 0.6 is 0 Å². The molecule has 1 aromatic carbocycles. The Balaban J connectivity index is 2.08. The molecule has 0 spiro atoms. The number of methoxy groups -OCH3 is 1. The normalized spacial score (nSPS) is 14.0. The average Bonchev–Trinajstić information content (AvgIpc) is 2.97. The minimum absolute atomic E-state index is 0.310. The number of ether oxygens (including phenoxy) is 1. The number of rotatable bonds is 7. The summed E-state index contributed by atoms with van der Waals surface area (Å²) in [5.74, 6) is 2.96. The summed E-state index contributed by atoms with van der Waals surface area (Å²) in [5.41, 5.74) is 0.714. The number of aliphatic imine (C=N–C) groups is 1. The second-order valence-electron chi connectivity index (χ2n) is 6.46. The number of furan rings is 1. The molecule has 0 aliphatic rings. The molecule has 6 heteroatoms. The number of guanidine groups is 1. The van der Waals surface area contributed by atoms with Crippen LogP contribution in [0.25, 0.3) is 0 Å². The third-order valence-electron chi connectivity index (χ3n) is 4.17. The molecule has 6 nitrogen and oxygen atoms in total. The summed E-state index contributed by atoms with van der Waals surface area (Å²) >= 11 is 0. The Morgan fingerprint density at radius 3 is 2.62 bits per heavy atom. The highest BCUT2D eigenvalue weighted by molar-refractivity contribution is 5.79. The van der Waals surface area contributed by atoms with Crippen molar-refractivity contribution in [2.24, 2.45) is 4.99 Å². The van der Waals surface area contributed by atoms with Gasteiger partial charge in [0.1, 0.15) is 22.9 Å². The number of benzene rings is 1. The summed E-state index contributed by atoms with van der Waals surface area (Å²) < 4.78 is 10.9. The number of hydrogen-bond acceptors (Lipinski definition) is 4. The van der Waals surface area contributed by atoms with Crippen molar-refractivity contribution in [1.82, 2.24) is 10.6 Å². The molecule has 0 amide bonds. The zero-order valence-corrected chi connectivity index (χ0v) is 16.2. The lowest BCUT2D eigenvalue weighted by atomic mass is 9.96. The maximum Gasteiger partial charge on any atom is 0.191 e. The van der Waals surface area contributed by atoms with Gasteiger partial charge in [-0.1, -0.05) is 18.2 Å². The third-order valence-corrected chi connectivity index (χ3v) is 4.17. The van der Waals surface area contributed by atoms with Gasteiger partial charge in [0.15, 0.2) is 5.96 Å². The maximum absolute atomic E-state index is 10.8. The van der Waals surface area contributed by atoms with Gasteiger partial charge in [-0.3, -0.25) is 0 Å². The predicted molar refractivity (Wildman–Crippen MR) is 104 cm³/mol. The Labute approximate surface area is 155 Å². The summed E-state index contributed by atoms with van der Waals surface area (Å²) in [6.07, 6.45) is 0. The van der Waals surface area contributed by atoms with E-state index in [2.05, 4.69) is 15.6 Å². The molecule has 0 radical (unpaired) electrons. The Bertz CT molecular complexity index is 751.